The van der Waals surface area contributed by atoms with E-state index < -0.39 is 6.04 Å². The van der Waals surface area contributed by atoms with Crippen LogP contribution in [0.3, 0.4) is 0 Å². The Labute approximate surface area is 193 Å². The number of hydrogen-bond donors (Lipinski definition) is 0. The number of hydrogen-bond acceptors (Lipinski definition) is 5. The molecule has 0 bridgehead atoms. The number of amides is 1. The summed E-state index contributed by atoms with van der Waals surface area (Å²) in [6.45, 7) is 3.93. The smallest absolute Gasteiger partial charge is 0.291 e. The van der Waals surface area contributed by atoms with Crippen LogP contribution in [0.4, 0.5) is 0 Å². The highest BCUT2D eigenvalue weighted by molar-refractivity contribution is 5.99. The fourth-order valence-corrected chi connectivity index (χ4v) is 4.83. The molecule has 2 aliphatic heterocycles. The molecule has 3 heterocycles. The molecule has 1 amide bonds. The van der Waals surface area contributed by atoms with Crippen LogP contribution in [-0.4, -0.2) is 36.7 Å². The van der Waals surface area contributed by atoms with Crippen molar-refractivity contribution in [2.75, 3.05) is 19.8 Å². The van der Waals surface area contributed by atoms with Crippen molar-refractivity contribution in [3.8, 4) is 5.75 Å². The number of ether oxygens (including phenoxy) is 2. The Kier molecular flexibility index (Phi) is 6.18. The zero-order valence-corrected chi connectivity index (χ0v) is 18.9. The number of benzene rings is 2. The fourth-order valence-electron chi connectivity index (χ4n) is 4.83. The highest BCUT2D eigenvalue weighted by Crippen LogP contribution is 2.39. The molecule has 3 aromatic rings. The maximum absolute atomic E-state index is 13.6. The molecule has 0 radical (unpaired) electrons. The number of nitrogens with zero attached hydrogens (tertiary/aromatic N) is 1. The Balaban J connectivity index is 1.57. The number of rotatable bonds is 8. The van der Waals surface area contributed by atoms with Crippen LogP contribution in [0.25, 0.3) is 11.0 Å². The molecule has 6 nitrogen and oxygen atoms in total. The molecule has 172 valence electrons. The van der Waals surface area contributed by atoms with Gasteiger partial charge < -0.3 is 18.8 Å². The SMILES string of the molecule is CCCCCOc1cccc([C@@H]2c3c(oc4ccccc4c3=O)C(=O)N2C[C@@H]2CCCO2)c1. The van der Waals surface area contributed by atoms with Gasteiger partial charge in [0.05, 0.1) is 29.7 Å². The third-order valence-electron chi connectivity index (χ3n) is 6.49. The second-order valence-corrected chi connectivity index (χ2v) is 8.79. The van der Waals surface area contributed by atoms with E-state index in [2.05, 4.69) is 6.92 Å². The minimum Gasteiger partial charge on any atom is -0.494 e. The Morgan fingerprint density at radius 2 is 1.97 bits per heavy atom. The molecule has 33 heavy (non-hydrogen) atoms. The summed E-state index contributed by atoms with van der Waals surface area (Å²) in [7, 11) is 0. The number of carbonyl (C=O) groups is 1. The van der Waals surface area contributed by atoms with E-state index in [9.17, 15) is 9.59 Å². The van der Waals surface area contributed by atoms with E-state index in [-0.39, 0.29) is 23.2 Å². The number of carbonyl (C=O) groups excluding carboxylic acids is 1. The molecule has 5 rings (SSSR count). The van der Waals surface area contributed by atoms with Gasteiger partial charge >= 0.3 is 0 Å². The molecule has 0 spiro atoms. The van der Waals surface area contributed by atoms with Gasteiger partial charge in [-0.25, -0.2) is 0 Å². The Bertz CT molecular complexity index is 1210. The van der Waals surface area contributed by atoms with Crippen molar-refractivity contribution in [3.63, 3.8) is 0 Å². The summed E-state index contributed by atoms with van der Waals surface area (Å²) >= 11 is 0. The molecule has 0 saturated carbocycles. The number of fused-ring (bicyclic) bond motifs is 2. The van der Waals surface area contributed by atoms with E-state index in [4.69, 9.17) is 13.9 Å². The molecule has 0 aliphatic carbocycles. The van der Waals surface area contributed by atoms with Crippen LogP contribution in [0.1, 0.15) is 66.8 Å². The van der Waals surface area contributed by atoms with Crippen molar-refractivity contribution >= 4 is 16.9 Å². The normalized spacial score (nSPS) is 19.9. The molecule has 1 aromatic heterocycles. The first-order valence-electron chi connectivity index (χ1n) is 11.9. The summed E-state index contributed by atoms with van der Waals surface area (Å²) in [5.74, 6) is 0.616. The van der Waals surface area contributed by atoms with Crippen LogP contribution in [0.5, 0.6) is 5.75 Å². The van der Waals surface area contributed by atoms with Crippen molar-refractivity contribution < 1.29 is 18.7 Å². The molecule has 6 heteroatoms. The topological polar surface area (TPSA) is 69.0 Å². The average molecular weight is 448 g/mol. The van der Waals surface area contributed by atoms with Crippen LogP contribution < -0.4 is 10.2 Å². The predicted octanol–water partition coefficient (Wildman–Crippen LogP) is 5.09. The monoisotopic (exact) mass is 447 g/mol. The summed E-state index contributed by atoms with van der Waals surface area (Å²) in [6.07, 6.45) is 5.08. The maximum Gasteiger partial charge on any atom is 0.291 e. The van der Waals surface area contributed by atoms with E-state index >= 15 is 0 Å². The van der Waals surface area contributed by atoms with Gasteiger partial charge in [0.2, 0.25) is 5.76 Å². The van der Waals surface area contributed by atoms with Gasteiger partial charge in [0.25, 0.3) is 5.91 Å². The minimum absolute atomic E-state index is 0.0382. The van der Waals surface area contributed by atoms with E-state index in [1.165, 1.54) is 0 Å². The maximum atomic E-state index is 13.6. The van der Waals surface area contributed by atoms with Crippen molar-refractivity contribution in [1.82, 2.24) is 4.90 Å². The van der Waals surface area contributed by atoms with Crippen molar-refractivity contribution in [1.29, 1.82) is 0 Å². The zero-order chi connectivity index (χ0) is 22.8. The van der Waals surface area contributed by atoms with Gasteiger partial charge in [0, 0.05) is 13.2 Å². The molecular formula is C27H29NO5. The summed E-state index contributed by atoms with van der Waals surface area (Å²) < 4.78 is 17.8. The first-order valence-corrected chi connectivity index (χ1v) is 11.9. The largest absolute Gasteiger partial charge is 0.494 e. The van der Waals surface area contributed by atoms with Crippen molar-refractivity contribution in [3.05, 3.63) is 75.6 Å². The van der Waals surface area contributed by atoms with Crippen molar-refractivity contribution in [2.45, 2.75) is 51.2 Å². The molecule has 2 aromatic carbocycles. The van der Waals surface area contributed by atoms with Crippen LogP contribution in [-0.2, 0) is 4.74 Å². The van der Waals surface area contributed by atoms with Gasteiger partial charge in [-0.3, -0.25) is 9.59 Å². The molecule has 1 fully saturated rings. The third kappa shape index (κ3) is 4.15. The first kappa shape index (κ1) is 21.7. The van der Waals surface area contributed by atoms with E-state index in [1.54, 1.807) is 23.1 Å². The number of para-hydroxylation sites is 1. The lowest BCUT2D eigenvalue weighted by Gasteiger charge is -2.27. The highest BCUT2D eigenvalue weighted by atomic mass is 16.5. The van der Waals surface area contributed by atoms with Crippen LogP contribution in [0.15, 0.2) is 57.7 Å². The molecule has 2 aliphatic rings. The van der Waals surface area contributed by atoms with Crippen LogP contribution in [0.2, 0.25) is 0 Å². The van der Waals surface area contributed by atoms with E-state index in [0.29, 0.717) is 36.3 Å². The lowest BCUT2D eigenvalue weighted by atomic mass is 9.98. The summed E-state index contributed by atoms with van der Waals surface area (Å²) in [5, 5.41) is 0.486. The highest BCUT2D eigenvalue weighted by Gasteiger charge is 2.44. The van der Waals surface area contributed by atoms with E-state index in [0.717, 1.165) is 43.4 Å². The molecule has 2 atom stereocenters. The Morgan fingerprint density at radius 3 is 2.79 bits per heavy atom. The quantitative estimate of drug-likeness (QED) is 0.450. The molecule has 0 unspecified atom stereocenters. The van der Waals surface area contributed by atoms with Gasteiger partial charge in [-0.2, -0.15) is 0 Å². The van der Waals surface area contributed by atoms with Crippen LogP contribution >= 0.6 is 0 Å². The Morgan fingerprint density at radius 1 is 1.09 bits per heavy atom. The van der Waals surface area contributed by atoms with Gasteiger partial charge in [0.1, 0.15) is 11.3 Å². The second-order valence-electron chi connectivity index (χ2n) is 8.79. The van der Waals surface area contributed by atoms with Crippen LogP contribution in [0, 0.1) is 0 Å². The molecular weight excluding hydrogens is 418 g/mol. The fraction of sp³-hybridized carbons (Fsp3) is 0.407. The molecule has 1 saturated heterocycles. The predicted molar refractivity (Wildman–Crippen MR) is 126 cm³/mol. The van der Waals surface area contributed by atoms with Gasteiger partial charge in [-0.1, -0.05) is 44.0 Å². The second kappa shape index (κ2) is 9.40. The lowest BCUT2D eigenvalue weighted by Crippen LogP contribution is -2.36. The van der Waals surface area contributed by atoms with Gasteiger partial charge in [-0.15, -0.1) is 0 Å². The van der Waals surface area contributed by atoms with Gasteiger partial charge in [0.15, 0.2) is 5.43 Å². The lowest BCUT2D eigenvalue weighted by molar-refractivity contribution is 0.0486. The Hall–Kier alpha value is -3.12. The minimum atomic E-state index is -0.531. The molecule has 0 N–H and O–H groups in total. The average Bonchev–Trinajstić information content (AvgIpc) is 3.45. The van der Waals surface area contributed by atoms with Gasteiger partial charge in [-0.05, 0) is 49.1 Å². The standard InChI is InChI=1S/C27H29NO5/c1-2-3-6-14-31-19-10-7-9-18(16-19)24-23-25(29)21-12-4-5-13-22(21)33-26(23)27(30)28(24)17-20-11-8-15-32-20/h4-5,7,9-10,12-13,16,20,24H,2-3,6,8,11,14-15,17H2,1H3/t20-,24+/m0/s1. The summed E-state index contributed by atoms with van der Waals surface area (Å²) in [4.78, 5) is 28.8. The van der Waals surface area contributed by atoms with E-state index in [1.807, 2.05) is 30.3 Å². The third-order valence-corrected chi connectivity index (χ3v) is 6.49. The first-order chi connectivity index (χ1) is 16.2. The summed E-state index contributed by atoms with van der Waals surface area (Å²) in [6, 6.07) is 14.3. The number of unbranched alkanes of at least 4 members (excludes halogenated alkanes) is 2. The van der Waals surface area contributed by atoms with Crippen molar-refractivity contribution in [2.24, 2.45) is 0 Å². The zero-order valence-electron chi connectivity index (χ0n) is 18.9. The summed E-state index contributed by atoms with van der Waals surface area (Å²) in [5.41, 5.74) is 1.52.